The standard InChI is InChI=1S/C14H14N2O2/c1-10(11-5-3-2-4-6-11)16-14(18)12-7-13(17)9-15-8-12/h2-10,17H,1H3,(H,16,18). The van der Waals surface area contributed by atoms with Gasteiger partial charge >= 0.3 is 0 Å². The van der Waals surface area contributed by atoms with Crippen LogP contribution in [0.25, 0.3) is 0 Å². The molecule has 0 spiro atoms. The van der Waals surface area contributed by atoms with Gasteiger partial charge in [-0.05, 0) is 18.6 Å². The van der Waals surface area contributed by atoms with Gasteiger partial charge in [0.2, 0.25) is 0 Å². The van der Waals surface area contributed by atoms with Crippen molar-refractivity contribution < 1.29 is 9.90 Å². The summed E-state index contributed by atoms with van der Waals surface area (Å²) in [4.78, 5) is 15.7. The first-order chi connectivity index (χ1) is 8.66. The smallest absolute Gasteiger partial charge is 0.253 e. The second-order valence-corrected chi connectivity index (χ2v) is 4.04. The number of amides is 1. The molecule has 0 aliphatic rings. The van der Waals surface area contributed by atoms with Crippen molar-refractivity contribution in [3.8, 4) is 5.75 Å². The second-order valence-electron chi connectivity index (χ2n) is 4.04. The fourth-order valence-electron chi connectivity index (χ4n) is 1.66. The SMILES string of the molecule is CC(NC(=O)c1cncc(O)c1)c1ccccc1. The number of carbonyl (C=O) groups is 1. The van der Waals surface area contributed by atoms with Crippen LogP contribution in [-0.4, -0.2) is 16.0 Å². The van der Waals surface area contributed by atoms with Crippen LogP contribution in [0.5, 0.6) is 5.75 Å². The zero-order chi connectivity index (χ0) is 13.0. The average molecular weight is 242 g/mol. The zero-order valence-electron chi connectivity index (χ0n) is 10.00. The van der Waals surface area contributed by atoms with Crippen molar-refractivity contribution in [2.75, 3.05) is 0 Å². The number of aromatic nitrogens is 1. The first-order valence-electron chi connectivity index (χ1n) is 5.66. The first kappa shape index (κ1) is 12.1. The number of hydrogen-bond donors (Lipinski definition) is 2. The molecule has 92 valence electrons. The van der Waals surface area contributed by atoms with Crippen LogP contribution in [0.15, 0.2) is 48.8 Å². The molecule has 0 aliphatic carbocycles. The minimum Gasteiger partial charge on any atom is -0.506 e. The van der Waals surface area contributed by atoms with E-state index in [2.05, 4.69) is 10.3 Å². The molecular weight excluding hydrogens is 228 g/mol. The third kappa shape index (κ3) is 2.85. The quantitative estimate of drug-likeness (QED) is 0.868. The van der Waals surface area contributed by atoms with E-state index in [0.717, 1.165) is 5.56 Å². The largest absolute Gasteiger partial charge is 0.506 e. The van der Waals surface area contributed by atoms with Gasteiger partial charge in [0.05, 0.1) is 17.8 Å². The maximum Gasteiger partial charge on any atom is 0.253 e. The second kappa shape index (κ2) is 5.31. The molecule has 0 saturated heterocycles. The van der Waals surface area contributed by atoms with E-state index >= 15 is 0 Å². The molecule has 0 saturated carbocycles. The lowest BCUT2D eigenvalue weighted by Gasteiger charge is -2.14. The van der Waals surface area contributed by atoms with Gasteiger partial charge < -0.3 is 10.4 Å². The summed E-state index contributed by atoms with van der Waals surface area (Å²) in [5, 5.41) is 12.1. The predicted molar refractivity (Wildman–Crippen MR) is 68.2 cm³/mol. The molecule has 1 amide bonds. The molecule has 1 atom stereocenters. The Hall–Kier alpha value is -2.36. The van der Waals surface area contributed by atoms with Gasteiger partial charge in [0.25, 0.3) is 5.91 Å². The molecule has 1 heterocycles. The summed E-state index contributed by atoms with van der Waals surface area (Å²) in [6.45, 7) is 1.91. The van der Waals surface area contributed by atoms with Gasteiger partial charge in [-0.15, -0.1) is 0 Å². The minimum atomic E-state index is -0.255. The van der Waals surface area contributed by atoms with Crippen LogP contribution >= 0.6 is 0 Å². The lowest BCUT2D eigenvalue weighted by molar-refractivity contribution is 0.0939. The monoisotopic (exact) mass is 242 g/mol. The molecule has 4 nitrogen and oxygen atoms in total. The molecule has 0 fully saturated rings. The van der Waals surface area contributed by atoms with Crippen LogP contribution in [0.1, 0.15) is 28.9 Å². The van der Waals surface area contributed by atoms with Gasteiger partial charge in [0.1, 0.15) is 5.75 Å². The summed E-state index contributed by atoms with van der Waals surface area (Å²) < 4.78 is 0. The van der Waals surface area contributed by atoms with E-state index in [1.54, 1.807) is 0 Å². The van der Waals surface area contributed by atoms with E-state index < -0.39 is 0 Å². The maximum absolute atomic E-state index is 11.9. The van der Waals surface area contributed by atoms with E-state index in [1.165, 1.54) is 18.5 Å². The molecule has 0 bridgehead atoms. The van der Waals surface area contributed by atoms with Crippen LogP contribution in [0, 0.1) is 0 Å². The third-order valence-electron chi connectivity index (χ3n) is 2.63. The van der Waals surface area contributed by atoms with Crippen LogP contribution in [0.3, 0.4) is 0 Å². The Labute approximate surface area is 105 Å². The van der Waals surface area contributed by atoms with Crippen molar-refractivity contribution in [2.45, 2.75) is 13.0 Å². The topological polar surface area (TPSA) is 62.2 Å². The zero-order valence-corrected chi connectivity index (χ0v) is 10.00. The Bertz CT molecular complexity index is 541. The van der Waals surface area contributed by atoms with E-state index in [-0.39, 0.29) is 17.7 Å². The fraction of sp³-hybridized carbons (Fsp3) is 0.143. The highest BCUT2D eigenvalue weighted by Gasteiger charge is 2.11. The summed E-state index contributed by atoms with van der Waals surface area (Å²) in [7, 11) is 0. The molecule has 2 rings (SSSR count). The Morgan fingerprint density at radius 1 is 1.28 bits per heavy atom. The summed E-state index contributed by atoms with van der Waals surface area (Å²) in [5.41, 5.74) is 1.37. The number of benzene rings is 1. The molecule has 0 radical (unpaired) electrons. The van der Waals surface area contributed by atoms with Crippen LogP contribution in [0.2, 0.25) is 0 Å². The number of rotatable bonds is 3. The van der Waals surface area contributed by atoms with Crippen molar-refractivity contribution in [2.24, 2.45) is 0 Å². The van der Waals surface area contributed by atoms with E-state index in [1.807, 2.05) is 37.3 Å². The van der Waals surface area contributed by atoms with E-state index in [9.17, 15) is 9.90 Å². The Morgan fingerprint density at radius 2 is 2.00 bits per heavy atom. The Morgan fingerprint density at radius 3 is 2.67 bits per heavy atom. The number of nitrogens with zero attached hydrogens (tertiary/aromatic N) is 1. The Kier molecular flexibility index (Phi) is 3.57. The summed E-state index contributed by atoms with van der Waals surface area (Å²) in [6.07, 6.45) is 2.71. The van der Waals surface area contributed by atoms with Gasteiger partial charge in [0.15, 0.2) is 0 Å². The molecule has 2 N–H and O–H groups in total. The number of hydrogen-bond acceptors (Lipinski definition) is 3. The molecule has 2 aromatic rings. The van der Waals surface area contributed by atoms with Crippen LogP contribution in [-0.2, 0) is 0 Å². The Balaban J connectivity index is 2.08. The minimum absolute atomic E-state index is 0.0185. The van der Waals surface area contributed by atoms with Crippen molar-refractivity contribution in [1.29, 1.82) is 0 Å². The fourth-order valence-corrected chi connectivity index (χ4v) is 1.66. The molecule has 1 aromatic carbocycles. The van der Waals surface area contributed by atoms with Crippen molar-refractivity contribution >= 4 is 5.91 Å². The van der Waals surface area contributed by atoms with Crippen molar-refractivity contribution in [3.63, 3.8) is 0 Å². The average Bonchev–Trinajstić information content (AvgIpc) is 2.39. The number of pyridine rings is 1. The first-order valence-corrected chi connectivity index (χ1v) is 5.66. The molecule has 1 aromatic heterocycles. The summed E-state index contributed by atoms with van der Waals surface area (Å²) in [5.74, 6) is -0.273. The molecular formula is C14H14N2O2. The van der Waals surface area contributed by atoms with E-state index in [0.29, 0.717) is 5.56 Å². The summed E-state index contributed by atoms with van der Waals surface area (Å²) in [6, 6.07) is 11.0. The predicted octanol–water partition coefficient (Wildman–Crippen LogP) is 2.28. The van der Waals surface area contributed by atoms with Crippen molar-refractivity contribution in [1.82, 2.24) is 10.3 Å². The lowest BCUT2D eigenvalue weighted by Crippen LogP contribution is -2.26. The highest BCUT2D eigenvalue weighted by Crippen LogP contribution is 2.13. The van der Waals surface area contributed by atoms with E-state index in [4.69, 9.17) is 0 Å². The van der Waals surface area contributed by atoms with Gasteiger partial charge in [-0.2, -0.15) is 0 Å². The van der Waals surface area contributed by atoms with Crippen molar-refractivity contribution in [3.05, 3.63) is 59.9 Å². The third-order valence-corrected chi connectivity index (χ3v) is 2.63. The van der Waals surface area contributed by atoms with Gasteiger partial charge in [-0.3, -0.25) is 9.78 Å². The van der Waals surface area contributed by atoms with Crippen LogP contribution < -0.4 is 5.32 Å². The maximum atomic E-state index is 11.9. The molecule has 0 aliphatic heterocycles. The van der Waals surface area contributed by atoms with Crippen LogP contribution in [0.4, 0.5) is 0 Å². The molecule has 4 heteroatoms. The molecule has 18 heavy (non-hydrogen) atoms. The number of nitrogens with one attached hydrogen (secondary N) is 1. The number of carbonyl (C=O) groups excluding carboxylic acids is 1. The lowest BCUT2D eigenvalue weighted by atomic mass is 10.1. The van der Waals surface area contributed by atoms with Gasteiger partial charge in [-0.1, -0.05) is 30.3 Å². The van der Waals surface area contributed by atoms with Gasteiger partial charge in [0, 0.05) is 6.20 Å². The summed E-state index contributed by atoms with van der Waals surface area (Å²) >= 11 is 0. The number of aromatic hydroxyl groups is 1. The molecule has 1 unspecified atom stereocenters. The highest BCUT2D eigenvalue weighted by molar-refractivity contribution is 5.94. The normalized spacial score (nSPS) is 11.8. The highest BCUT2D eigenvalue weighted by atomic mass is 16.3. The van der Waals surface area contributed by atoms with Gasteiger partial charge in [-0.25, -0.2) is 0 Å².